The molecular formula is C29H31N3O3S2. The minimum atomic E-state index is -0.378. The van der Waals surface area contributed by atoms with Crippen LogP contribution in [0.5, 0.6) is 0 Å². The van der Waals surface area contributed by atoms with Crippen LogP contribution in [0.2, 0.25) is 0 Å². The van der Waals surface area contributed by atoms with Crippen LogP contribution < -0.4 is 5.32 Å². The van der Waals surface area contributed by atoms with Crippen molar-refractivity contribution in [3.05, 3.63) is 74.3 Å². The van der Waals surface area contributed by atoms with Gasteiger partial charge in [-0.1, -0.05) is 30.3 Å². The van der Waals surface area contributed by atoms with Gasteiger partial charge in [0, 0.05) is 22.7 Å². The molecule has 0 radical (unpaired) electrons. The topological polar surface area (TPSA) is 92.1 Å². The van der Waals surface area contributed by atoms with Crippen LogP contribution >= 0.6 is 23.1 Å². The summed E-state index contributed by atoms with van der Waals surface area (Å²) in [5, 5.41) is 13.8. The normalized spacial score (nSPS) is 14.5. The van der Waals surface area contributed by atoms with Crippen LogP contribution in [0.4, 0.5) is 5.00 Å². The summed E-state index contributed by atoms with van der Waals surface area (Å²) < 4.78 is 5.36. The number of aromatic nitrogens is 1. The summed E-state index contributed by atoms with van der Waals surface area (Å²) in [4.78, 5) is 31.5. The number of nitrogens with zero attached hydrogens (tertiary/aromatic N) is 2. The van der Waals surface area contributed by atoms with E-state index in [2.05, 4.69) is 40.6 Å². The average molecular weight is 534 g/mol. The second-order valence-electron chi connectivity index (χ2n) is 9.16. The molecule has 37 heavy (non-hydrogen) atoms. The summed E-state index contributed by atoms with van der Waals surface area (Å²) >= 11 is 2.90. The number of thioether (sulfide) groups is 1. The number of thiophene rings is 1. The van der Waals surface area contributed by atoms with Crippen molar-refractivity contribution in [1.29, 1.82) is 5.26 Å². The van der Waals surface area contributed by atoms with E-state index in [-0.39, 0.29) is 24.9 Å². The highest BCUT2D eigenvalue weighted by atomic mass is 32.2. The van der Waals surface area contributed by atoms with Gasteiger partial charge in [0.1, 0.15) is 16.1 Å². The Balaban J connectivity index is 1.48. The van der Waals surface area contributed by atoms with E-state index in [1.807, 2.05) is 26.8 Å². The van der Waals surface area contributed by atoms with Gasteiger partial charge in [-0.25, -0.2) is 9.78 Å². The highest BCUT2D eigenvalue weighted by Crippen LogP contribution is 2.43. The predicted octanol–water partition coefficient (Wildman–Crippen LogP) is 6.51. The second kappa shape index (κ2) is 11.9. The molecule has 192 valence electrons. The van der Waals surface area contributed by atoms with Gasteiger partial charge in [-0.3, -0.25) is 4.79 Å². The number of benzene rings is 1. The van der Waals surface area contributed by atoms with Gasteiger partial charge >= 0.3 is 5.97 Å². The van der Waals surface area contributed by atoms with Crippen molar-refractivity contribution in [3.8, 4) is 6.07 Å². The number of carbonyl (C=O) groups excluding carboxylic acids is 2. The van der Waals surface area contributed by atoms with Crippen molar-refractivity contribution in [1.82, 2.24) is 4.98 Å². The van der Waals surface area contributed by atoms with Crippen LogP contribution in [0.1, 0.15) is 74.4 Å². The molecule has 1 aliphatic rings. The first-order valence-corrected chi connectivity index (χ1v) is 14.3. The molecular weight excluding hydrogens is 502 g/mol. The lowest BCUT2D eigenvalue weighted by Crippen LogP contribution is -2.17. The van der Waals surface area contributed by atoms with Crippen molar-refractivity contribution in [2.75, 3.05) is 17.7 Å². The van der Waals surface area contributed by atoms with Crippen molar-refractivity contribution in [2.24, 2.45) is 0 Å². The third kappa shape index (κ3) is 5.89. The summed E-state index contributed by atoms with van der Waals surface area (Å²) in [6.45, 7) is 7.89. The number of ether oxygens (including phenoxy) is 1. The molecule has 1 aromatic carbocycles. The number of amides is 1. The third-order valence-electron chi connectivity index (χ3n) is 6.91. The molecule has 1 atom stereocenters. The number of pyridine rings is 1. The minimum absolute atomic E-state index is 0.171. The van der Waals surface area contributed by atoms with Crippen LogP contribution in [-0.2, 0) is 22.4 Å². The van der Waals surface area contributed by atoms with Crippen molar-refractivity contribution >= 4 is 40.0 Å². The van der Waals surface area contributed by atoms with Crippen molar-refractivity contribution in [3.63, 3.8) is 0 Å². The molecule has 0 bridgehead atoms. The van der Waals surface area contributed by atoms with Gasteiger partial charge in [0.25, 0.3) is 0 Å². The first-order chi connectivity index (χ1) is 17.8. The van der Waals surface area contributed by atoms with Crippen LogP contribution in [-0.4, -0.2) is 29.2 Å². The fourth-order valence-corrected chi connectivity index (χ4v) is 7.04. The molecule has 3 aromatic rings. The lowest BCUT2D eigenvalue weighted by Gasteiger charge is -2.23. The number of anilines is 1. The van der Waals surface area contributed by atoms with E-state index >= 15 is 0 Å². The molecule has 1 N–H and O–H groups in total. The van der Waals surface area contributed by atoms with E-state index in [0.717, 1.165) is 46.5 Å². The number of hydrogen-bond donors (Lipinski definition) is 1. The highest BCUT2D eigenvalue weighted by molar-refractivity contribution is 7.99. The molecule has 0 saturated carbocycles. The summed E-state index contributed by atoms with van der Waals surface area (Å²) in [5.74, 6) is 0.322. The molecule has 0 fully saturated rings. The zero-order chi connectivity index (χ0) is 26.5. The number of hydrogen-bond acceptors (Lipinski definition) is 7. The van der Waals surface area contributed by atoms with Gasteiger partial charge in [0.2, 0.25) is 5.91 Å². The van der Waals surface area contributed by atoms with Crippen molar-refractivity contribution < 1.29 is 14.3 Å². The second-order valence-corrected chi connectivity index (χ2v) is 11.4. The average Bonchev–Trinajstić information content (AvgIpc) is 3.25. The molecule has 4 rings (SSSR count). The van der Waals surface area contributed by atoms with Crippen LogP contribution in [0.15, 0.2) is 35.4 Å². The Bertz CT molecular complexity index is 1360. The van der Waals surface area contributed by atoms with Gasteiger partial charge in [-0.05, 0) is 75.1 Å². The quantitative estimate of drug-likeness (QED) is 0.262. The Labute approximate surface area is 226 Å². The van der Waals surface area contributed by atoms with Gasteiger partial charge in [-0.2, -0.15) is 5.26 Å². The maximum atomic E-state index is 12.9. The number of nitriles is 1. The van der Waals surface area contributed by atoms with E-state index in [1.165, 1.54) is 28.7 Å². The molecule has 0 saturated heterocycles. The molecule has 6 nitrogen and oxygen atoms in total. The van der Waals surface area contributed by atoms with Gasteiger partial charge in [0.05, 0.1) is 17.7 Å². The number of fused-ring (bicyclic) bond motifs is 1. The maximum absolute atomic E-state index is 12.9. The first kappa shape index (κ1) is 26.9. The Morgan fingerprint density at radius 2 is 1.97 bits per heavy atom. The Morgan fingerprint density at radius 1 is 1.22 bits per heavy atom. The predicted molar refractivity (Wildman–Crippen MR) is 149 cm³/mol. The largest absolute Gasteiger partial charge is 0.462 e. The molecule has 1 unspecified atom stereocenters. The molecule has 0 spiro atoms. The van der Waals surface area contributed by atoms with E-state index in [9.17, 15) is 14.9 Å². The number of rotatable bonds is 8. The minimum Gasteiger partial charge on any atom is -0.462 e. The SMILES string of the molecule is CCOC(=O)c1c(NC(=O)CCSc2nc(C)c(C)c(C)c2C#N)sc2c1CCC(c1ccccc1)C2. The molecule has 1 amide bonds. The van der Waals surface area contributed by atoms with Crippen LogP contribution in [0.3, 0.4) is 0 Å². The molecule has 2 aromatic heterocycles. The zero-order valence-corrected chi connectivity index (χ0v) is 23.3. The number of esters is 1. The Morgan fingerprint density at radius 3 is 2.68 bits per heavy atom. The van der Waals surface area contributed by atoms with Gasteiger partial charge in [-0.15, -0.1) is 23.1 Å². The lowest BCUT2D eigenvalue weighted by molar-refractivity contribution is -0.115. The van der Waals surface area contributed by atoms with E-state index < -0.39 is 0 Å². The van der Waals surface area contributed by atoms with Gasteiger partial charge < -0.3 is 10.1 Å². The fourth-order valence-electron chi connectivity index (χ4n) is 4.68. The van der Waals surface area contributed by atoms with E-state index in [4.69, 9.17) is 4.74 Å². The number of aryl methyl sites for hydroxylation is 1. The van der Waals surface area contributed by atoms with Crippen LogP contribution in [0, 0.1) is 32.1 Å². The third-order valence-corrected chi connectivity index (χ3v) is 9.06. The fraction of sp³-hybridized carbons (Fsp3) is 0.379. The Kier molecular flexibility index (Phi) is 8.67. The molecule has 0 aliphatic heterocycles. The number of nitrogens with one attached hydrogen (secondary N) is 1. The standard InChI is InChI=1S/C29H31N3O3S2/c1-5-35-29(34)26-22-12-11-21(20-9-7-6-8-10-20)15-24(22)37-28(26)32-25(33)13-14-36-27-23(16-30)18(3)17(2)19(4)31-27/h6-10,21H,5,11-15H2,1-4H3,(H,32,33). The number of carbonyl (C=O) groups is 2. The van der Waals surface area contributed by atoms with Crippen LogP contribution in [0.25, 0.3) is 0 Å². The zero-order valence-electron chi connectivity index (χ0n) is 21.6. The maximum Gasteiger partial charge on any atom is 0.341 e. The molecule has 8 heteroatoms. The summed E-state index contributed by atoms with van der Waals surface area (Å²) in [7, 11) is 0. The molecule has 1 aliphatic carbocycles. The highest BCUT2D eigenvalue weighted by Gasteiger charge is 2.30. The van der Waals surface area contributed by atoms with E-state index in [0.29, 0.717) is 32.8 Å². The monoisotopic (exact) mass is 533 g/mol. The van der Waals surface area contributed by atoms with Crippen molar-refractivity contribution in [2.45, 2.75) is 64.3 Å². The van der Waals surface area contributed by atoms with Gasteiger partial charge in [0.15, 0.2) is 0 Å². The lowest BCUT2D eigenvalue weighted by atomic mass is 9.83. The smallest absolute Gasteiger partial charge is 0.341 e. The summed E-state index contributed by atoms with van der Waals surface area (Å²) in [6, 6.07) is 12.7. The molecule has 2 heterocycles. The van der Waals surface area contributed by atoms with E-state index in [1.54, 1.807) is 6.92 Å². The summed E-state index contributed by atoms with van der Waals surface area (Å²) in [6.07, 6.45) is 2.81. The summed E-state index contributed by atoms with van der Waals surface area (Å²) in [5.41, 5.74) is 6.22. The Hall–Kier alpha value is -3.15. The first-order valence-electron chi connectivity index (χ1n) is 12.5.